The van der Waals surface area contributed by atoms with Crippen molar-refractivity contribution >= 4 is 17.2 Å². The first kappa shape index (κ1) is 22.2. The largest absolute Gasteiger partial charge is 0.382 e. The summed E-state index contributed by atoms with van der Waals surface area (Å²) in [5.41, 5.74) is 4.05. The number of rotatable bonds is 8. The van der Waals surface area contributed by atoms with E-state index in [1.807, 2.05) is 30.2 Å². The summed E-state index contributed by atoms with van der Waals surface area (Å²) in [6.45, 7) is 9.88. The van der Waals surface area contributed by atoms with E-state index in [-0.39, 0.29) is 6.03 Å². The molecule has 3 heterocycles. The Labute approximate surface area is 189 Å². The summed E-state index contributed by atoms with van der Waals surface area (Å²) in [7, 11) is 0. The zero-order valence-electron chi connectivity index (χ0n) is 19.0. The van der Waals surface area contributed by atoms with Gasteiger partial charge in [0.15, 0.2) is 5.65 Å². The first-order valence-electron chi connectivity index (χ1n) is 11.4. The van der Waals surface area contributed by atoms with Crippen LogP contribution in [0.1, 0.15) is 24.7 Å². The van der Waals surface area contributed by atoms with Gasteiger partial charge in [0.2, 0.25) is 0 Å². The monoisotopic (exact) mass is 436 g/mol. The van der Waals surface area contributed by atoms with Gasteiger partial charge in [0.05, 0.1) is 6.54 Å². The molecule has 8 nitrogen and oxygen atoms in total. The summed E-state index contributed by atoms with van der Waals surface area (Å²) in [6.07, 6.45) is 2.65. The fourth-order valence-corrected chi connectivity index (χ4v) is 4.04. The highest BCUT2D eigenvalue weighted by molar-refractivity contribution is 5.74. The molecule has 1 aliphatic heterocycles. The summed E-state index contributed by atoms with van der Waals surface area (Å²) >= 11 is 0. The fraction of sp³-hybridized carbons (Fsp3) is 0.458. The van der Waals surface area contributed by atoms with Gasteiger partial charge < -0.3 is 15.0 Å². The third-order valence-corrected chi connectivity index (χ3v) is 5.72. The van der Waals surface area contributed by atoms with E-state index in [4.69, 9.17) is 9.72 Å². The molecule has 1 saturated heterocycles. The van der Waals surface area contributed by atoms with Crippen LogP contribution in [-0.4, -0.2) is 76.3 Å². The van der Waals surface area contributed by atoms with E-state index in [2.05, 4.69) is 51.0 Å². The van der Waals surface area contributed by atoms with Gasteiger partial charge >= 0.3 is 6.03 Å². The number of hydrogen-bond acceptors (Lipinski definition) is 5. The van der Waals surface area contributed by atoms with Crippen molar-refractivity contribution in [3.05, 3.63) is 54.0 Å². The highest BCUT2D eigenvalue weighted by Crippen LogP contribution is 2.22. The van der Waals surface area contributed by atoms with Crippen LogP contribution in [0.3, 0.4) is 0 Å². The summed E-state index contributed by atoms with van der Waals surface area (Å²) in [4.78, 5) is 26.1. The molecule has 0 spiro atoms. The van der Waals surface area contributed by atoms with Crippen molar-refractivity contribution in [2.45, 2.75) is 26.8 Å². The molecular formula is C24H32N6O2. The number of hydrogen-bond donors (Lipinski definition) is 1. The van der Waals surface area contributed by atoms with Crippen LogP contribution in [0.4, 0.5) is 4.79 Å². The molecule has 0 unspecified atom stereocenters. The van der Waals surface area contributed by atoms with E-state index >= 15 is 0 Å². The molecule has 2 aromatic heterocycles. The number of piperazine rings is 1. The van der Waals surface area contributed by atoms with Crippen molar-refractivity contribution < 1.29 is 9.53 Å². The Balaban J connectivity index is 1.40. The Morgan fingerprint density at radius 1 is 1.16 bits per heavy atom. The molecule has 170 valence electrons. The lowest BCUT2D eigenvalue weighted by atomic mass is 10.2. The predicted octanol–water partition coefficient (Wildman–Crippen LogP) is 2.98. The highest BCUT2D eigenvalue weighted by Gasteiger charge is 2.23. The number of nitrogens with zero attached hydrogens (tertiary/aromatic N) is 5. The first-order chi connectivity index (χ1) is 15.7. The van der Waals surface area contributed by atoms with Crippen molar-refractivity contribution in [1.82, 2.24) is 29.7 Å². The number of carbonyl (C=O) groups is 1. The standard InChI is InChI=1S/C24H32N6O2/c1-3-32-16-6-11-26-24(31)29-14-12-28(13-15-29)18-22-27-21-9-5-10-25-23(21)30(22)20-8-4-7-19(2)17-20/h4-5,7-10,17H,3,6,11-16,18H2,1-2H3,(H,26,31). The van der Waals surface area contributed by atoms with Crippen LogP contribution in [0.25, 0.3) is 16.9 Å². The van der Waals surface area contributed by atoms with Crippen LogP contribution >= 0.6 is 0 Å². The Kier molecular flexibility index (Phi) is 7.34. The Morgan fingerprint density at radius 3 is 2.78 bits per heavy atom. The van der Waals surface area contributed by atoms with Gasteiger partial charge in [-0.25, -0.2) is 14.8 Å². The van der Waals surface area contributed by atoms with Gasteiger partial charge in [0, 0.05) is 57.8 Å². The molecule has 0 bridgehead atoms. The number of ether oxygens (including phenoxy) is 1. The molecule has 8 heteroatoms. The SMILES string of the molecule is CCOCCCNC(=O)N1CCN(Cc2nc3cccnc3n2-c2cccc(C)c2)CC1. The lowest BCUT2D eigenvalue weighted by Gasteiger charge is -2.34. The van der Waals surface area contributed by atoms with Gasteiger partial charge in [0.1, 0.15) is 11.3 Å². The normalized spacial score (nSPS) is 14.8. The van der Waals surface area contributed by atoms with Crippen LogP contribution in [0.15, 0.2) is 42.6 Å². The van der Waals surface area contributed by atoms with E-state index < -0.39 is 0 Å². The zero-order chi connectivity index (χ0) is 22.3. The van der Waals surface area contributed by atoms with Crippen LogP contribution in [-0.2, 0) is 11.3 Å². The van der Waals surface area contributed by atoms with Gasteiger partial charge in [-0.15, -0.1) is 0 Å². The Bertz CT molecular complexity index is 1040. The maximum atomic E-state index is 12.4. The highest BCUT2D eigenvalue weighted by atomic mass is 16.5. The molecular weight excluding hydrogens is 404 g/mol. The van der Waals surface area contributed by atoms with E-state index in [1.165, 1.54) is 5.56 Å². The summed E-state index contributed by atoms with van der Waals surface area (Å²) < 4.78 is 7.47. The summed E-state index contributed by atoms with van der Waals surface area (Å²) in [6, 6.07) is 12.4. The second kappa shape index (κ2) is 10.6. The zero-order valence-corrected chi connectivity index (χ0v) is 19.0. The number of benzene rings is 1. The van der Waals surface area contributed by atoms with Gasteiger partial charge in [-0.05, 0) is 50.1 Å². The number of aryl methyl sites for hydroxylation is 1. The van der Waals surface area contributed by atoms with E-state index in [1.54, 1.807) is 0 Å². The number of carbonyl (C=O) groups excluding carboxylic acids is 1. The number of pyridine rings is 1. The van der Waals surface area contributed by atoms with Crippen LogP contribution in [0, 0.1) is 6.92 Å². The molecule has 0 radical (unpaired) electrons. The van der Waals surface area contributed by atoms with E-state index in [0.29, 0.717) is 39.4 Å². The number of imidazole rings is 1. The molecule has 0 atom stereocenters. The molecule has 1 aromatic carbocycles. The minimum Gasteiger partial charge on any atom is -0.382 e. The average molecular weight is 437 g/mol. The van der Waals surface area contributed by atoms with Crippen molar-refractivity contribution in [2.24, 2.45) is 0 Å². The third-order valence-electron chi connectivity index (χ3n) is 5.72. The smallest absolute Gasteiger partial charge is 0.317 e. The second-order valence-electron chi connectivity index (χ2n) is 8.09. The molecule has 3 aromatic rings. The molecule has 1 fully saturated rings. The van der Waals surface area contributed by atoms with Crippen LogP contribution in [0.2, 0.25) is 0 Å². The molecule has 1 aliphatic rings. The molecule has 2 amide bonds. The van der Waals surface area contributed by atoms with E-state index in [9.17, 15) is 4.79 Å². The number of fused-ring (bicyclic) bond motifs is 1. The summed E-state index contributed by atoms with van der Waals surface area (Å²) in [5.74, 6) is 0.970. The van der Waals surface area contributed by atoms with Crippen LogP contribution in [0.5, 0.6) is 0 Å². The fourth-order valence-electron chi connectivity index (χ4n) is 4.04. The molecule has 0 saturated carbocycles. The molecule has 0 aliphatic carbocycles. The van der Waals surface area contributed by atoms with E-state index in [0.717, 1.165) is 42.2 Å². The number of aromatic nitrogens is 3. The minimum absolute atomic E-state index is 0.0114. The Morgan fingerprint density at radius 2 is 2.00 bits per heavy atom. The number of urea groups is 1. The predicted molar refractivity (Wildman–Crippen MR) is 125 cm³/mol. The second-order valence-corrected chi connectivity index (χ2v) is 8.09. The van der Waals surface area contributed by atoms with Crippen molar-refractivity contribution in [2.75, 3.05) is 45.9 Å². The molecule has 1 N–H and O–H groups in total. The number of nitrogens with one attached hydrogen (secondary N) is 1. The summed E-state index contributed by atoms with van der Waals surface area (Å²) in [5, 5.41) is 2.99. The first-order valence-corrected chi connectivity index (χ1v) is 11.4. The Hall–Kier alpha value is -2.97. The molecule has 4 rings (SSSR count). The number of amides is 2. The average Bonchev–Trinajstić information content (AvgIpc) is 3.17. The maximum absolute atomic E-state index is 12.4. The van der Waals surface area contributed by atoms with Crippen molar-refractivity contribution in [1.29, 1.82) is 0 Å². The van der Waals surface area contributed by atoms with Crippen LogP contribution < -0.4 is 5.32 Å². The van der Waals surface area contributed by atoms with Gasteiger partial charge in [-0.1, -0.05) is 12.1 Å². The van der Waals surface area contributed by atoms with Gasteiger partial charge in [0.25, 0.3) is 0 Å². The minimum atomic E-state index is 0.0114. The quantitative estimate of drug-likeness (QED) is 0.550. The van der Waals surface area contributed by atoms with Crippen molar-refractivity contribution in [3.8, 4) is 5.69 Å². The topological polar surface area (TPSA) is 75.5 Å². The van der Waals surface area contributed by atoms with Gasteiger partial charge in [-0.2, -0.15) is 0 Å². The lowest BCUT2D eigenvalue weighted by Crippen LogP contribution is -2.51. The molecule has 32 heavy (non-hydrogen) atoms. The van der Waals surface area contributed by atoms with Gasteiger partial charge in [-0.3, -0.25) is 9.47 Å². The maximum Gasteiger partial charge on any atom is 0.317 e. The third kappa shape index (κ3) is 5.26. The van der Waals surface area contributed by atoms with Crippen molar-refractivity contribution in [3.63, 3.8) is 0 Å². The lowest BCUT2D eigenvalue weighted by molar-refractivity contribution is 0.129.